The Bertz CT molecular complexity index is 253. The zero-order chi connectivity index (χ0) is 12.0. The highest BCUT2D eigenvalue weighted by atomic mass is 16.4. The predicted molar refractivity (Wildman–Crippen MR) is 61.1 cm³/mol. The number of rotatable bonds is 7. The van der Waals surface area contributed by atoms with Crippen LogP contribution in [-0.4, -0.2) is 35.0 Å². The van der Waals surface area contributed by atoms with E-state index in [9.17, 15) is 9.59 Å². The van der Waals surface area contributed by atoms with Crippen LogP contribution >= 0.6 is 0 Å². The molecule has 1 unspecified atom stereocenters. The minimum atomic E-state index is -0.726. The third-order valence-corrected chi connectivity index (χ3v) is 3.32. The minimum Gasteiger partial charge on any atom is -0.481 e. The summed E-state index contributed by atoms with van der Waals surface area (Å²) in [6.07, 6.45) is 4.57. The monoisotopic (exact) mass is 227 g/mol. The first-order chi connectivity index (χ1) is 7.63. The number of likely N-dealkylation sites (tertiary alicyclic amines) is 1. The fourth-order valence-corrected chi connectivity index (χ4v) is 2.16. The van der Waals surface area contributed by atoms with E-state index in [0.29, 0.717) is 12.3 Å². The fraction of sp³-hybridized carbons (Fsp3) is 0.833. The molecule has 0 aliphatic carbocycles. The van der Waals surface area contributed by atoms with Crippen molar-refractivity contribution in [1.82, 2.24) is 4.90 Å². The Labute approximate surface area is 96.6 Å². The van der Waals surface area contributed by atoms with Crippen molar-refractivity contribution in [3.63, 3.8) is 0 Å². The van der Waals surface area contributed by atoms with Crippen LogP contribution in [0.5, 0.6) is 0 Å². The van der Waals surface area contributed by atoms with Crippen molar-refractivity contribution in [1.29, 1.82) is 0 Å². The van der Waals surface area contributed by atoms with Gasteiger partial charge in [-0.05, 0) is 25.2 Å². The Morgan fingerprint density at radius 2 is 2.25 bits per heavy atom. The van der Waals surface area contributed by atoms with Crippen LogP contribution in [0.1, 0.15) is 45.4 Å². The Morgan fingerprint density at radius 1 is 1.50 bits per heavy atom. The summed E-state index contributed by atoms with van der Waals surface area (Å²) in [5.74, 6) is -0.0340. The van der Waals surface area contributed by atoms with Gasteiger partial charge >= 0.3 is 5.97 Å². The van der Waals surface area contributed by atoms with Gasteiger partial charge in [-0.25, -0.2) is 0 Å². The van der Waals surface area contributed by atoms with Crippen LogP contribution in [0.2, 0.25) is 0 Å². The molecule has 0 aromatic rings. The fourth-order valence-electron chi connectivity index (χ4n) is 2.16. The van der Waals surface area contributed by atoms with Crippen molar-refractivity contribution < 1.29 is 14.7 Å². The van der Waals surface area contributed by atoms with Crippen LogP contribution < -0.4 is 0 Å². The third kappa shape index (κ3) is 4.21. The summed E-state index contributed by atoms with van der Waals surface area (Å²) in [4.78, 5) is 23.7. The van der Waals surface area contributed by atoms with Crippen LogP contribution in [0.15, 0.2) is 0 Å². The van der Waals surface area contributed by atoms with Gasteiger partial charge in [0.25, 0.3) is 0 Å². The summed E-state index contributed by atoms with van der Waals surface area (Å²) in [6, 6.07) is 0. The molecule has 1 saturated heterocycles. The van der Waals surface area contributed by atoms with E-state index in [2.05, 4.69) is 6.92 Å². The number of hydrogen-bond donors (Lipinski definition) is 1. The first-order valence-electron chi connectivity index (χ1n) is 6.13. The molecule has 0 spiro atoms. The number of carboxylic acids is 1. The van der Waals surface area contributed by atoms with Crippen LogP contribution in [0.25, 0.3) is 0 Å². The molecular formula is C12H21NO3. The predicted octanol–water partition coefficient (Wildman–Crippen LogP) is 1.89. The van der Waals surface area contributed by atoms with Gasteiger partial charge in [0.1, 0.15) is 0 Å². The average Bonchev–Trinajstić information content (AvgIpc) is 2.64. The molecule has 0 aromatic heterocycles. The Morgan fingerprint density at radius 3 is 2.75 bits per heavy atom. The summed E-state index contributed by atoms with van der Waals surface area (Å²) in [5, 5.41) is 8.62. The molecule has 0 aromatic carbocycles. The molecule has 0 saturated carbocycles. The quantitative estimate of drug-likeness (QED) is 0.722. The lowest BCUT2D eigenvalue weighted by Crippen LogP contribution is -2.27. The number of carbonyl (C=O) groups is 2. The first-order valence-corrected chi connectivity index (χ1v) is 6.13. The van der Waals surface area contributed by atoms with Crippen LogP contribution in [0, 0.1) is 5.92 Å². The number of nitrogens with zero attached hydrogens (tertiary/aromatic N) is 1. The molecule has 0 bridgehead atoms. The average molecular weight is 227 g/mol. The molecule has 1 aliphatic rings. The van der Waals surface area contributed by atoms with E-state index in [1.165, 1.54) is 0 Å². The smallest absolute Gasteiger partial charge is 0.303 e. The van der Waals surface area contributed by atoms with E-state index >= 15 is 0 Å². The Kier molecular flexibility index (Phi) is 5.29. The van der Waals surface area contributed by atoms with Crippen LogP contribution in [0.3, 0.4) is 0 Å². The van der Waals surface area contributed by atoms with Crippen LogP contribution in [-0.2, 0) is 9.59 Å². The second-order valence-electron chi connectivity index (χ2n) is 4.48. The molecule has 4 heteroatoms. The number of carboxylic acid groups (broad SMARTS) is 1. The molecule has 1 N–H and O–H groups in total. The van der Waals surface area contributed by atoms with E-state index < -0.39 is 5.97 Å². The molecule has 1 aliphatic heterocycles. The largest absolute Gasteiger partial charge is 0.481 e. The van der Waals surface area contributed by atoms with Gasteiger partial charge in [-0.2, -0.15) is 0 Å². The van der Waals surface area contributed by atoms with Crippen LogP contribution in [0.4, 0.5) is 0 Å². The SMILES string of the molecule is CCC(CCC(=O)O)CCN1CCCC1=O. The van der Waals surface area contributed by atoms with Crippen molar-refractivity contribution in [3.05, 3.63) is 0 Å². The maximum absolute atomic E-state index is 11.4. The minimum absolute atomic E-state index is 0.243. The summed E-state index contributed by atoms with van der Waals surface area (Å²) in [5.41, 5.74) is 0. The zero-order valence-electron chi connectivity index (χ0n) is 9.95. The van der Waals surface area contributed by atoms with Crippen molar-refractivity contribution >= 4 is 11.9 Å². The Balaban J connectivity index is 2.22. The van der Waals surface area contributed by atoms with E-state index in [0.717, 1.165) is 38.8 Å². The molecule has 1 amide bonds. The van der Waals surface area contributed by atoms with Crippen molar-refractivity contribution in [3.8, 4) is 0 Å². The molecule has 92 valence electrons. The lowest BCUT2D eigenvalue weighted by molar-refractivity contribution is -0.137. The van der Waals surface area contributed by atoms with Gasteiger partial charge in [0, 0.05) is 25.9 Å². The Hall–Kier alpha value is -1.06. The molecule has 1 fully saturated rings. The van der Waals surface area contributed by atoms with Gasteiger partial charge in [0.2, 0.25) is 5.91 Å². The van der Waals surface area contributed by atoms with E-state index in [4.69, 9.17) is 5.11 Å². The second kappa shape index (κ2) is 6.51. The number of carbonyl (C=O) groups excluding carboxylic acids is 1. The zero-order valence-corrected chi connectivity index (χ0v) is 9.95. The van der Waals surface area contributed by atoms with E-state index in [1.807, 2.05) is 4.90 Å². The first kappa shape index (κ1) is 13.0. The summed E-state index contributed by atoms with van der Waals surface area (Å²) in [6.45, 7) is 3.77. The molecule has 4 nitrogen and oxygen atoms in total. The van der Waals surface area contributed by atoms with Gasteiger partial charge in [-0.15, -0.1) is 0 Å². The highest BCUT2D eigenvalue weighted by Gasteiger charge is 2.20. The molecule has 16 heavy (non-hydrogen) atoms. The van der Waals surface area contributed by atoms with Crippen molar-refractivity contribution in [2.24, 2.45) is 5.92 Å². The van der Waals surface area contributed by atoms with Gasteiger partial charge in [0.05, 0.1) is 0 Å². The number of aliphatic carboxylic acids is 1. The maximum atomic E-state index is 11.4. The second-order valence-corrected chi connectivity index (χ2v) is 4.48. The summed E-state index contributed by atoms with van der Waals surface area (Å²) >= 11 is 0. The number of amides is 1. The van der Waals surface area contributed by atoms with Gasteiger partial charge in [-0.1, -0.05) is 13.3 Å². The van der Waals surface area contributed by atoms with Gasteiger partial charge in [-0.3, -0.25) is 9.59 Å². The lowest BCUT2D eigenvalue weighted by Gasteiger charge is -2.19. The van der Waals surface area contributed by atoms with E-state index in [-0.39, 0.29) is 12.3 Å². The molecule has 1 heterocycles. The molecular weight excluding hydrogens is 206 g/mol. The standard InChI is InChI=1S/C12H21NO3/c1-2-10(5-6-12(15)16)7-9-13-8-3-4-11(13)14/h10H,2-9H2,1H3,(H,15,16). The van der Waals surface area contributed by atoms with Crippen molar-refractivity contribution in [2.45, 2.75) is 45.4 Å². The molecule has 1 rings (SSSR count). The van der Waals surface area contributed by atoms with Gasteiger partial charge < -0.3 is 10.0 Å². The normalized spacial score (nSPS) is 17.8. The van der Waals surface area contributed by atoms with Crippen molar-refractivity contribution in [2.75, 3.05) is 13.1 Å². The van der Waals surface area contributed by atoms with E-state index in [1.54, 1.807) is 0 Å². The summed E-state index contributed by atoms with van der Waals surface area (Å²) in [7, 11) is 0. The maximum Gasteiger partial charge on any atom is 0.303 e. The molecule has 1 atom stereocenters. The highest BCUT2D eigenvalue weighted by molar-refractivity contribution is 5.78. The third-order valence-electron chi connectivity index (χ3n) is 3.32. The van der Waals surface area contributed by atoms with Gasteiger partial charge in [0.15, 0.2) is 0 Å². The topological polar surface area (TPSA) is 57.6 Å². The summed E-state index contributed by atoms with van der Waals surface area (Å²) < 4.78 is 0. The molecule has 0 radical (unpaired) electrons. The highest BCUT2D eigenvalue weighted by Crippen LogP contribution is 2.18. The lowest BCUT2D eigenvalue weighted by atomic mass is 9.96. The number of hydrogen-bond acceptors (Lipinski definition) is 2.